The fourth-order valence-electron chi connectivity index (χ4n) is 2.94. The summed E-state index contributed by atoms with van der Waals surface area (Å²) in [6.45, 7) is 2.29. The van der Waals surface area contributed by atoms with Gasteiger partial charge >= 0.3 is 12.1 Å². The molecule has 1 aliphatic heterocycles. The molecule has 1 amide bonds. The Hall–Kier alpha value is -2.11. The quantitative estimate of drug-likeness (QED) is 0.119. The number of carbonyl (C=O) groups excluding carboxylic acids is 2. The predicted octanol–water partition coefficient (Wildman–Crippen LogP) is -0.538. The molecule has 154 valence electrons. The molecule has 6 atom stereocenters. The number of carbonyl (C=O) groups is 2. The summed E-state index contributed by atoms with van der Waals surface area (Å²) in [5, 5.41) is 34.6. The number of esters is 1. The maximum absolute atomic E-state index is 12.2. The van der Waals surface area contributed by atoms with Gasteiger partial charge in [0.25, 0.3) is 0 Å². The average molecular weight is 390 g/mol. The summed E-state index contributed by atoms with van der Waals surface area (Å²) >= 11 is 0. The Morgan fingerprint density at radius 1 is 1.52 bits per heavy atom. The molecule has 0 aromatic carbocycles. The van der Waals surface area contributed by atoms with Gasteiger partial charge in [0.15, 0.2) is 5.60 Å². The van der Waals surface area contributed by atoms with Gasteiger partial charge in [-0.05, 0) is 12.5 Å². The van der Waals surface area contributed by atoms with E-state index < -0.39 is 54.5 Å². The van der Waals surface area contributed by atoms with E-state index >= 15 is 0 Å². The van der Waals surface area contributed by atoms with Crippen molar-refractivity contribution in [2.45, 2.75) is 50.2 Å². The van der Waals surface area contributed by atoms with E-state index in [1.54, 1.807) is 6.92 Å². The van der Waals surface area contributed by atoms with Crippen LogP contribution in [0, 0.1) is 5.92 Å². The first-order valence-electron chi connectivity index (χ1n) is 8.37. The van der Waals surface area contributed by atoms with Crippen LogP contribution in [0.3, 0.4) is 0 Å². The van der Waals surface area contributed by atoms with Crippen LogP contribution in [0.15, 0.2) is 5.11 Å². The van der Waals surface area contributed by atoms with Crippen molar-refractivity contribution < 1.29 is 39.1 Å². The van der Waals surface area contributed by atoms with Crippen molar-refractivity contribution in [1.82, 2.24) is 5.32 Å². The Labute approximate surface area is 156 Å². The molecule has 0 aromatic heterocycles. The van der Waals surface area contributed by atoms with Gasteiger partial charge in [-0.15, -0.1) is 0 Å². The Morgan fingerprint density at radius 3 is 2.74 bits per heavy atom. The molecule has 1 saturated heterocycles. The highest BCUT2D eigenvalue weighted by atomic mass is 16.6. The number of hydrogen-bond donors (Lipinski definition) is 4. The van der Waals surface area contributed by atoms with Crippen LogP contribution in [-0.2, 0) is 19.0 Å². The summed E-state index contributed by atoms with van der Waals surface area (Å²) in [7, 11) is 1.18. The topological polar surface area (TPSA) is 183 Å². The van der Waals surface area contributed by atoms with Gasteiger partial charge in [-0.3, -0.25) is 0 Å². The van der Waals surface area contributed by atoms with E-state index in [2.05, 4.69) is 15.3 Å². The minimum Gasteiger partial charge on any atom is -0.467 e. The number of ether oxygens (including phenoxy) is 3. The molecule has 1 fully saturated rings. The highest BCUT2D eigenvalue weighted by molar-refractivity contribution is 5.79. The molecule has 1 aliphatic rings. The lowest BCUT2D eigenvalue weighted by molar-refractivity contribution is -0.171. The van der Waals surface area contributed by atoms with E-state index in [1.165, 1.54) is 14.0 Å². The normalized spacial score (nSPS) is 24.6. The lowest BCUT2D eigenvalue weighted by Crippen LogP contribution is -2.51. The third kappa shape index (κ3) is 5.94. The molecule has 1 unspecified atom stereocenters. The number of azide groups is 1. The maximum atomic E-state index is 12.2. The van der Waals surface area contributed by atoms with Crippen molar-refractivity contribution in [1.29, 1.82) is 0 Å². The molecule has 0 saturated carbocycles. The molecule has 1 rings (SSSR count). The Morgan fingerprint density at radius 2 is 2.19 bits per heavy atom. The van der Waals surface area contributed by atoms with Crippen LogP contribution in [0.25, 0.3) is 10.4 Å². The van der Waals surface area contributed by atoms with Crippen molar-refractivity contribution >= 4 is 12.1 Å². The van der Waals surface area contributed by atoms with Gasteiger partial charge in [-0.25, -0.2) is 9.59 Å². The summed E-state index contributed by atoms with van der Waals surface area (Å²) in [4.78, 5) is 26.5. The van der Waals surface area contributed by atoms with Gasteiger partial charge in [0.1, 0.15) is 12.2 Å². The van der Waals surface area contributed by atoms with E-state index in [4.69, 9.17) is 24.8 Å². The molecule has 0 spiro atoms. The van der Waals surface area contributed by atoms with E-state index in [-0.39, 0.29) is 19.6 Å². The number of amides is 1. The van der Waals surface area contributed by atoms with E-state index in [0.29, 0.717) is 0 Å². The number of aliphatic hydroxyl groups is 3. The van der Waals surface area contributed by atoms with Crippen LogP contribution in [0.2, 0.25) is 0 Å². The summed E-state index contributed by atoms with van der Waals surface area (Å²) in [5.74, 6) is -1.41. The zero-order chi connectivity index (χ0) is 20.6. The number of nitrogens with one attached hydrogen (secondary N) is 1. The van der Waals surface area contributed by atoms with Gasteiger partial charge < -0.3 is 34.8 Å². The van der Waals surface area contributed by atoms with Crippen molar-refractivity contribution in [2.75, 3.05) is 26.9 Å². The van der Waals surface area contributed by atoms with Crippen molar-refractivity contribution in [3.05, 3.63) is 10.4 Å². The van der Waals surface area contributed by atoms with Gasteiger partial charge in [0.05, 0.1) is 32.5 Å². The average Bonchev–Trinajstić information content (AvgIpc) is 3.02. The van der Waals surface area contributed by atoms with Crippen LogP contribution in [0.4, 0.5) is 4.79 Å². The third-order valence-electron chi connectivity index (χ3n) is 4.51. The number of cyclic esters (lactones) is 1. The van der Waals surface area contributed by atoms with Crippen molar-refractivity contribution in [3.8, 4) is 0 Å². The highest BCUT2D eigenvalue weighted by Crippen LogP contribution is 2.29. The monoisotopic (exact) mass is 390 g/mol. The first-order valence-corrected chi connectivity index (χ1v) is 8.37. The molecular formula is C15H26N4O8. The molecule has 27 heavy (non-hydrogen) atoms. The SMILES string of the molecule is COC(=O)[C@](C)(C[C@H]1OC(=O)N[C@H]1C(C)[C@H](O)[C@H](O)CO)OCCN=[N+]=[N-]. The predicted molar refractivity (Wildman–Crippen MR) is 90.5 cm³/mol. The van der Waals surface area contributed by atoms with E-state index in [0.717, 1.165) is 0 Å². The second-order valence-electron chi connectivity index (χ2n) is 6.44. The molecule has 0 aliphatic carbocycles. The van der Waals surface area contributed by atoms with Crippen molar-refractivity contribution in [2.24, 2.45) is 11.0 Å². The van der Waals surface area contributed by atoms with Gasteiger partial charge in [-0.2, -0.15) is 0 Å². The minimum absolute atomic E-state index is 0.00692. The smallest absolute Gasteiger partial charge is 0.407 e. The van der Waals surface area contributed by atoms with Gasteiger partial charge in [-0.1, -0.05) is 12.0 Å². The van der Waals surface area contributed by atoms with Crippen molar-refractivity contribution in [3.63, 3.8) is 0 Å². The number of nitrogens with zero attached hydrogens (tertiary/aromatic N) is 3. The van der Waals surface area contributed by atoms with Crippen LogP contribution < -0.4 is 5.32 Å². The van der Waals surface area contributed by atoms with Crippen LogP contribution in [0.1, 0.15) is 20.3 Å². The highest BCUT2D eigenvalue weighted by Gasteiger charge is 2.48. The first kappa shape index (κ1) is 22.9. The number of aliphatic hydroxyl groups excluding tert-OH is 3. The van der Waals surface area contributed by atoms with Gasteiger partial charge in [0.2, 0.25) is 0 Å². The second kappa shape index (κ2) is 10.3. The number of rotatable bonds is 11. The number of hydrogen-bond acceptors (Lipinski definition) is 9. The zero-order valence-electron chi connectivity index (χ0n) is 15.4. The molecule has 0 radical (unpaired) electrons. The molecule has 12 nitrogen and oxygen atoms in total. The number of alkyl carbamates (subject to hydrolysis) is 1. The molecule has 1 heterocycles. The fourth-order valence-corrected chi connectivity index (χ4v) is 2.94. The Balaban J connectivity index is 2.94. The molecule has 12 heteroatoms. The summed E-state index contributed by atoms with van der Waals surface area (Å²) in [5.41, 5.74) is 6.80. The summed E-state index contributed by atoms with van der Waals surface area (Å²) < 4.78 is 15.5. The van der Waals surface area contributed by atoms with Crippen LogP contribution in [-0.4, -0.2) is 84.2 Å². The third-order valence-corrected chi connectivity index (χ3v) is 4.51. The largest absolute Gasteiger partial charge is 0.467 e. The van der Waals surface area contributed by atoms with Crippen LogP contribution >= 0.6 is 0 Å². The molecule has 0 bridgehead atoms. The minimum atomic E-state index is -1.50. The molecular weight excluding hydrogens is 364 g/mol. The number of methoxy groups -OCH3 is 1. The zero-order valence-corrected chi connectivity index (χ0v) is 15.4. The maximum Gasteiger partial charge on any atom is 0.407 e. The van der Waals surface area contributed by atoms with E-state index in [9.17, 15) is 19.8 Å². The second-order valence-corrected chi connectivity index (χ2v) is 6.44. The lowest BCUT2D eigenvalue weighted by Gasteiger charge is -2.33. The molecule has 0 aromatic rings. The summed E-state index contributed by atoms with van der Waals surface area (Å²) in [6.07, 6.45) is -4.46. The lowest BCUT2D eigenvalue weighted by atomic mass is 9.85. The Bertz CT molecular complexity index is 570. The fraction of sp³-hybridized carbons (Fsp3) is 0.867. The first-order chi connectivity index (χ1) is 12.7. The summed E-state index contributed by atoms with van der Waals surface area (Å²) in [6, 6.07) is -0.751. The molecule has 4 N–H and O–H groups in total. The Kier molecular flexibility index (Phi) is 8.73. The standard InChI is InChI=1S/C15H26N4O8/c1-8(12(22)9(21)7-20)11-10(27-14(24)18-11)6-15(2,13(23)25-3)26-5-4-17-19-16/h8-12,20-22H,4-7H2,1-3H3,(H,18,24)/t8?,9-,10-,11+,12+,15+/m1/s1. The van der Waals surface area contributed by atoms with Gasteiger partial charge in [0, 0.05) is 23.8 Å². The van der Waals surface area contributed by atoms with Crippen LogP contribution in [0.5, 0.6) is 0 Å². The van der Waals surface area contributed by atoms with E-state index in [1.807, 2.05) is 0 Å².